The Morgan fingerprint density at radius 2 is 2.20 bits per heavy atom. The minimum absolute atomic E-state index is 0.653. The highest BCUT2D eigenvalue weighted by atomic mass is 32.2. The minimum Gasteiger partial charge on any atom is -0.494 e. The number of nitrogens with zero attached hydrogens (tertiary/aromatic N) is 1. The lowest BCUT2D eigenvalue weighted by atomic mass is 9.96. The van der Waals surface area contributed by atoms with E-state index in [1.54, 1.807) is 23.3 Å². The number of hydrogen-bond acceptors (Lipinski definition) is 5. The van der Waals surface area contributed by atoms with E-state index in [4.69, 9.17) is 4.74 Å². The quantitative estimate of drug-likeness (QED) is 0.817. The van der Waals surface area contributed by atoms with E-state index in [9.17, 15) is 0 Å². The lowest BCUT2D eigenvalue weighted by Gasteiger charge is -2.21. The van der Waals surface area contributed by atoms with Gasteiger partial charge in [-0.2, -0.15) is 0 Å². The van der Waals surface area contributed by atoms with E-state index in [1.165, 1.54) is 36.8 Å². The highest BCUT2D eigenvalue weighted by Crippen LogP contribution is 2.31. The van der Waals surface area contributed by atoms with Gasteiger partial charge in [0.2, 0.25) is 0 Å². The van der Waals surface area contributed by atoms with Gasteiger partial charge < -0.3 is 4.74 Å². The lowest BCUT2D eigenvalue weighted by Crippen LogP contribution is -2.25. The first-order chi connectivity index (χ1) is 9.85. The molecule has 0 unspecified atom stereocenters. The van der Waals surface area contributed by atoms with Crippen molar-refractivity contribution in [1.29, 1.82) is 0 Å². The van der Waals surface area contributed by atoms with Gasteiger partial charge in [-0.15, -0.1) is 11.3 Å². The molecular weight excluding hydrogens is 288 g/mol. The topological polar surface area (TPSA) is 34.1 Å². The summed E-state index contributed by atoms with van der Waals surface area (Å²) < 4.78 is 11.4. The van der Waals surface area contributed by atoms with Gasteiger partial charge in [-0.1, -0.05) is 19.3 Å². The third-order valence-electron chi connectivity index (χ3n) is 3.57. The molecule has 5 heteroatoms. The van der Waals surface area contributed by atoms with Crippen molar-refractivity contribution in [1.82, 2.24) is 9.71 Å². The second-order valence-electron chi connectivity index (χ2n) is 5.10. The molecular formula is C15H20N2OS2. The van der Waals surface area contributed by atoms with Gasteiger partial charge in [-0.3, -0.25) is 4.72 Å². The van der Waals surface area contributed by atoms with Gasteiger partial charge in [0.25, 0.3) is 0 Å². The molecule has 3 rings (SSSR count). The molecule has 20 heavy (non-hydrogen) atoms. The fourth-order valence-electron chi connectivity index (χ4n) is 2.54. The number of fused-ring (bicyclic) bond motifs is 1. The van der Waals surface area contributed by atoms with E-state index >= 15 is 0 Å². The van der Waals surface area contributed by atoms with Gasteiger partial charge in [0, 0.05) is 12.1 Å². The monoisotopic (exact) mass is 308 g/mol. The van der Waals surface area contributed by atoms with Crippen LogP contribution >= 0.6 is 23.3 Å². The maximum atomic E-state index is 5.52. The zero-order valence-electron chi connectivity index (χ0n) is 11.7. The summed E-state index contributed by atoms with van der Waals surface area (Å²) in [6.07, 6.45) is 6.70. The Morgan fingerprint density at radius 1 is 1.35 bits per heavy atom. The van der Waals surface area contributed by atoms with Crippen LogP contribution < -0.4 is 9.46 Å². The van der Waals surface area contributed by atoms with Crippen LogP contribution in [-0.4, -0.2) is 17.6 Å². The van der Waals surface area contributed by atoms with Gasteiger partial charge in [0.05, 0.1) is 16.8 Å². The molecule has 0 atom stereocenters. The second-order valence-corrected chi connectivity index (χ2v) is 7.21. The van der Waals surface area contributed by atoms with E-state index in [2.05, 4.69) is 15.8 Å². The molecule has 1 aliphatic rings. The molecule has 0 bridgehead atoms. The first-order valence-corrected chi connectivity index (χ1v) is 8.94. The largest absolute Gasteiger partial charge is 0.494 e. The van der Waals surface area contributed by atoms with Gasteiger partial charge >= 0.3 is 0 Å². The van der Waals surface area contributed by atoms with Crippen molar-refractivity contribution >= 4 is 33.5 Å². The maximum Gasteiger partial charge on any atom is 0.166 e. The molecule has 1 N–H and O–H groups in total. The molecule has 1 aromatic heterocycles. The number of thiazole rings is 1. The Balaban J connectivity index is 1.65. The summed E-state index contributed by atoms with van der Waals surface area (Å²) in [4.78, 5) is 4.68. The van der Waals surface area contributed by atoms with Crippen LogP contribution in [0.1, 0.15) is 39.0 Å². The SMILES string of the molecule is CCOc1ccc2sc(SNC3CCCCC3)nc2c1. The molecule has 108 valence electrons. The Bertz CT molecular complexity index is 564. The molecule has 1 heterocycles. The third kappa shape index (κ3) is 3.45. The Hall–Kier alpha value is -0.780. The van der Waals surface area contributed by atoms with Crippen molar-refractivity contribution < 1.29 is 4.74 Å². The van der Waals surface area contributed by atoms with Crippen molar-refractivity contribution in [3.8, 4) is 5.75 Å². The van der Waals surface area contributed by atoms with Crippen molar-refractivity contribution in [2.24, 2.45) is 0 Å². The molecule has 0 spiro atoms. The molecule has 1 aromatic carbocycles. The van der Waals surface area contributed by atoms with Crippen LogP contribution in [0, 0.1) is 0 Å². The summed E-state index contributed by atoms with van der Waals surface area (Å²) in [6.45, 7) is 2.70. The van der Waals surface area contributed by atoms with Crippen LogP contribution in [0.15, 0.2) is 22.5 Å². The van der Waals surface area contributed by atoms with Crippen LogP contribution in [0.4, 0.5) is 0 Å². The zero-order chi connectivity index (χ0) is 13.8. The maximum absolute atomic E-state index is 5.52. The van der Waals surface area contributed by atoms with Crippen molar-refractivity contribution in [2.45, 2.75) is 49.4 Å². The predicted molar refractivity (Wildman–Crippen MR) is 86.7 cm³/mol. The van der Waals surface area contributed by atoms with Crippen LogP contribution in [0.25, 0.3) is 10.2 Å². The van der Waals surface area contributed by atoms with E-state index < -0.39 is 0 Å². The first-order valence-electron chi connectivity index (χ1n) is 7.31. The van der Waals surface area contributed by atoms with Crippen LogP contribution in [0.2, 0.25) is 0 Å². The van der Waals surface area contributed by atoms with Crippen LogP contribution in [0.3, 0.4) is 0 Å². The Morgan fingerprint density at radius 3 is 3.00 bits per heavy atom. The molecule has 0 radical (unpaired) electrons. The molecule has 0 saturated heterocycles. The molecule has 0 aliphatic heterocycles. The predicted octanol–water partition coefficient (Wildman–Crippen LogP) is 4.62. The molecule has 2 aromatic rings. The standard InChI is InChI=1S/C15H20N2OS2/c1-2-18-12-8-9-14-13(10-12)16-15(19-14)20-17-11-6-4-3-5-7-11/h8-11,17H,2-7H2,1H3. The van der Waals surface area contributed by atoms with E-state index in [-0.39, 0.29) is 0 Å². The molecule has 3 nitrogen and oxygen atoms in total. The van der Waals surface area contributed by atoms with Crippen LogP contribution in [0.5, 0.6) is 5.75 Å². The van der Waals surface area contributed by atoms with Gasteiger partial charge in [-0.05, 0) is 43.8 Å². The molecule has 1 aliphatic carbocycles. The molecule has 0 amide bonds. The average molecular weight is 308 g/mol. The fraction of sp³-hybridized carbons (Fsp3) is 0.533. The number of benzene rings is 1. The smallest absolute Gasteiger partial charge is 0.166 e. The number of nitrogens with one attached hydrogen (secondary N) is 1. The first kappa shape index (κ1) is 14.2. The summed E-state index contributed by atoms with van der Waals surface area (Å²) in [7, 11) is 0. The summed E-state index contributed by atoms with van der Waals surface area (Å²) in [5.41, 5.74) is 1.04. The van der Waals surface area contributed by atoms with E-state index in [1.807, 2.05) is 19.1 Å². The third-order valence-corrected chi connectivity index (χ3v) is 5.62. The highest BCUT2D eigenvalue weighted by Gasteiger charge is 2.14. The summed E-state index contributed by atoms with van der Waals surface area (Å²) >= 11 is 3.43. The van der Waals surface area contributed by atoms with Gasteiger partial charge in [-0.25, -0.2) is 4.98 Å². The summed E-state index contributed by atoms with van der Waals surface area (Å²) in [5, 5.41) is 0. The van der Waals surface area contributed by atoms with Crippen molar-refractivity contribution in [3.05, 3.63) is 18.2 Å². The normalized spacial score (nSPS) is 16.6. The van der Waals surface area contributed by atoms with Crippen molar-refractivity contribution in [2.75, 3.05) is 6.61 Å². The second kappa shape index (κ2) is 6.78. The van der Waals surface area contributed by atoms with Gasteiger partial charge in [0.1, 0.15) is 5.75 Å². The zero-order valence-corrected chi connectivity index (χ0v) is 13.4. The number of aromatic nitrogens is 1. The summed E-state index contributed by atoms with van der Waals surface area (Å²) in [5.74, 6) is 0.905. The Kier molecular flexibility index (Phi) is 4.81. The van der Waals surface area contributed by atoms with Gasteiger partial charge in [0.15, 0.2) is 4.34 Å². The highest BCUT2D eigenvalue weighted by molar-refractivity contribution is 7.99. The average Bonchev–Trinajstić information content (AvgIpc) is 2.89. The fourth-order valence-corrected chi connectivity index (χ4v) is 4.45. The number of ether oxygens (including phenoxy) is 1. The number of hydrogen-bond donors (Lipinski definition) is 1. The minimum atomic E-state index is 0.653. The molecule has 1 saturated carbocycles. The van der Waals surface area contributed by atoms with E-state index in [0.29, 0.717) is 12.6 Å². The lowest BCUT2D eigenvalue weighted by molar-refractivity contribution is 0.340. The number of rotatable bonds is 5. The van der Waals surface area contributed by atoms with Crippen LogP contribution in [-0.2, 0) is 0 Å². The van der Waals surface area contributed by atoms with E-state index in [0.717, 1.165) is 15.6 Å². The summed E-state index contributed by atoms with van der Waals surface area (Å²) in [6, 6.07) is 6.80. The van der Waals surface area contributed by atoms with Crippen molar-refractivity contribution in [3.63, 3.8) is 0 Å². The molecule has 1 fully saturated rings. The Labute approximate surface area is 128 Å².